The fourth-order valence-electron chi connectivity index (χ4n) is 3.83. The maximum Gasteiger partial charge on any atom is 0.222 e. The van der Waals surface area contributed by atoms with Crippen LogP contribution in [-0.2, 0) is 4.79 Å². The van der Waals surface area contributed by atoms with Crippen LogP contribution in [0.3, 0.4) is 0 Å². The maximum atomic E-state index is 11.9. The van der Waals surface area contributed by atoms with Crippen molar-refractivity contribution in [3.8, 4) is 0 Å². The van der Waals surface area contributed by atoms with Crippen molar-refractivity contribution < 1.29 is 4.79 Å². The zero-order valence-electron chi connectivity index (χ0n) is 17.7. The van der Waals surface area contributed by atoms with Crippen molar-refractivity contribution in [3.63, 3.8) is 0 Å². The third-order valence-corrected chi connectivity index (χ3v) is 5.59. The van der Waals surface area contributed by atoms with Gasteiger partial charge in [0.2, 0.25) is 5.91 Å². The minimum atomic E-state index is 0.402. The van der Waals surface area contributed by atoms with Crippen LogP contribution in [0, 0.1) is 0 Å². The Balaban J connectivity index is 1.71. The van der Waals surface area contributed by atoms with Gasteiger partial charge >= 0.3 is 0 Å². The third-order valence-electron chi connectivity index (χ3n) is 5.59. The molecule has 0 aromatic carbocycles. The molecule has 0 aromatic rings. The Hall–Kier alpha value is -0.790. The second kappa shape index (κ2) is 17.6. The molecule has 1 amide bonds. The summed E-state index contributed by atoms with van der Waals surface area (Å²) in [4.78, 5) is 14.0. The van der Waals surface area contributed by atoms with Gasteiger partial charge in [-0.3, -0.25) is 4.79 Å². The number of allylic oxidation sites excluding steroid dienone is 2. The molecule has 1 aliphatic heterocycles. The molecular formula is C24H45NO. The molecule has 2 nitrogen and oxygen atoms in total. The zero-order valence-corrected chi connectivity index (χ0v) is 17.7. The number of rotatable bonds is 17. The second-order valence-corrected chi connectivity index (χ2v) is 8.13. The molecule has 0 atom stereocenters. The van der Waals surface area contributed by atoms with Crippen LogP contribution in [0.15, 0.2) is 12.2 Å². The van der Waals surface area contributed by atoms with E-state index in [1.165, 1.54) is 103 Å². The number of likely N-dealkylation sites (tertiary alicyclic amines) is 1. The van der Waals surface area contributed by atoms with Crippen LogP contribution in [0.1, 0.15) is 122 Å². The fraction of sp³-hybridized carbons (Fsp3) is 0.875. The average Bonchev–Trinajstić information content (AvgIpc) is 3.19. The molecule has 2 heteroatoms. The van der Waals surface area contributed by atoms with E-state index < -0.39 is 0 Å². The average molecular weight is 364 g/mol. The van der Waals surface area contributed by atoms with Gasteiger partial charge in [-0.2, -0.15) is 0 Å². The van der Waals surface area contributed by atoms with Crippen molar-refractivity contribution in [2.75, 3.05) is 13.1 Å². The molecule has 0 aromatic heterocycles. The van der Waals surface area contributed by atoms with Gasteiger partial charge in [-0.15, -0.1) is 0 Å². The van der Waals surface area contributed by atoms with Crippen LogP contribution in [-0.4, -0.2) is 23.9 Å². The van der Waals surface area contributed by atoms with Crippen LogP contribution in [0.2, 0.25) is 0 Å². The molecular weight excluding hydrogens is 318 g/mol. The molecule has 1 fully saturated rings. The van der Waals surface area contributed by atoms with Crippen LogP contribution < -0.4 is 0 Å². The molecule has 1 saturated heterocycles. The van der Waals surface area contributed by atoms with Crippen molar-refractivity contribution in [3.05, 3.63) is 12.2 Å². The summed E-state index contributed by atoms with van der Waals surface area (Å²) in [5.41, 5.74) is 0. The third kappa shape index (κ3) is 13.4. The first-order valence-corrected chi connectivity index (χ1v) is 11.8. The molecule has 1 aliphatic rings. The summed E-state index contributed by atoms with van der Waals surface area (Å²) in [6.45, 7) is 4.26. The molecule has 0 saturated carbocycles. The number of carbonyl (C=O) groups excluding carboxylic acids is 1. The van der Waals surface area contributed by atoms with E-state index >= 15 is 0 Å². The predicted molar refractivity (Wildman–Crippen MR) is 115 cm³/mol. The number of hydrogen-bond acceptors (Lipinski definition) is 1. The SMILES string of the molecule is CCCC=CCCCCCCCCCCCCCCC(=O)N1CCCC1. The Kier molecular flexibility index (Phi) is 15.8. The lowest BCUT2D eigenvalue weighted by Gasteiger charge is -2.14. The van der Waals surface area contributed by atoms with Crippen molar-refractivity contribution in [2.24, 2.45) is 0 Å². The number of amides is 1. The number of unbranched alkanes of at least 4 members (excludes halogenated alkanes) is 13. The topological polar surface area (TPSA) is 20.3 Å². The van der Waals surface area contributed by atoms with Crippen molar-refractivity contribution >= 4 is 5.91 Å². The summed E-state index contributed by atoms with van der Waals surface area (Å²) in [7, 11) is 0. The molecule has 0 unspecified atom stereocenters. The molecule has 0 spiro atoms. The highest BCUT2D eigenvalue weighted by atomic mass is 16.2. The van der Waals surface area contributed by atoms with Crippen LogP contribution in [0.25, 0.3) is 0 Å². The molecule has 0 aliphatic carbocycles. The van der Waals surface area contributed by atoms with Crippen LogP contribution in [0.5, 0.6) is 0 Å². The molecule has 0 radical (unpaired) electrons. The van der Waals surface area contributed by atoms with Gasteiger partial charge in [0, 0.05) is 19.5 Å². The van der Waals surface area contributed by atoms with Gasteiger partial charge in [-0.05, 0) is 38.5 Å². The van der Waals surface area contributed by atoms with E-state index in [4.69, 9.17) is 0 Å². The Labute approximate surface area is 163 Å². The summed E-state index contributed by atoms with van der Waals surface area (Å²) >= 11 is 0. The highest BCUT2D eigenvalue weighted by Crippen LogP contribution is 2.14. The first-order chi connectivity index (χ1) is 12.8. The number of hydrogen-bond donors (Lipinski definition) is 0. The van der Waals surface area contributed by atoms with Crippen molar-refractivity contribution in [2.45, 2.75) is 122 Å². The second-order valence-electron chi connectivity index (χ2n) is 8.13. The van der Waals surface area contributed by atoms with E-state index in [1.807, 2.05) is 0 Å². The normalized spacial score (nSPS) is 14.6. The van der Waals surface area contributed by atoms with E-state index in [-0.39, 0.29) is 0 Å². The lowest BCUT2D eigenvalue weighted by molar-refractivity contribution is -0.130. The van der Waals surface area contributed by atoms with Crippen molar-refractivity contribution in [1.82, 2.24) is 4.90 Å². The Morgan fingerprint density at radius 2 is 1.15 bits per heavy atom. The standard InChI is InChI=1S/C24H45NO/c1-2-3-4-5-6-7-8-9-10-11-12-13-14-15-16-17-18-21-24(26)25-22-19-20-23-25/h4-5H,2-3,6-23H2,1H3. The van der Waals surface area contributed by atoms with Gasteiger partial charge in [0.1, 0.15) is 0 Å². The van der Waals surface area contributed by atoms with Gasteiger partial charge in [0.05, 0.1) is 0 Å². The quantitative estimate of drug-likeness (QED) is 0.194. The largest absolute Gasteiger partial charge is 0.343 e. The van der Waals surface area contributed by atoms with Gasteiger partial charge in [-0.1, -0.05) is 89.7 Å². The molecule has 1 rings (SSSR count). The Morgan fingerprint density at radius 3 is 1.69 bits per heavy atom. The maximum absolute atomic E-state index is 11.9. The monoisotopic (exact) mass is 363 g/mol. The minimum Gasteiger partial charge on any atom is -0.343 e. The van der Waals surface area contributed by atoms with E-state index in [1.54, 1.807) is 0 Å². The van der Waals surface area contributed by atoms with E-state index in [0.717, 1.165) is 25.9 Å². The Bertz CT molecular complexity index is 344. The Morgan fingerprint density at radius 1 is 0.692 bits per heavy atom. The van der Waals surface area contributed by atoms with Gasteiger partial charge < -0.3 is 4.90 Å². The van der Waals surface area contributed by atoms with E-state index in [2.05, 4.69) is 24.0 Å². The summed E-state index contributed by atoms with van der Waals surface area (Å²) in [6.07, 6.45) is 28.0. The summed E-state index contributed by atoms with van der Waals surface area (Å²) < 4.78 is 0. The lowest BCUT2D eigenvalue weighted by atomic mass is 10.0. The number of carbonyl (C=O) groups is 1. The highest BCUT2D eigenvalue weighted by Gasteiger charge is 2.16. The fourth-order valence-corrected chi connectivity index (χ4v) is 3.83. The smallest absolute Gasteiger partial charge is 0.222 e. The summed E-state index contributed by atoms with van der Waals surface area (Å²) in [6, 6.07) is 0. The number of nitrogens with zero attached hydrogens (tertiary/aromatic N) is 1. The highest BCUT2D eigenvalue weighted by molar-refractivity contribution is 5.76. The first kappa shape index (κ1) is 23.2. The van der Waals surface area contributed by atoms with Crippen LogP contribution >= 0.6 is 0 Å². The van der Waals surface area contributed by atoms with E-state index in [0.29, 0.717) is 5.91 Å². The first-order valence-electron chi connectivity index (χ1n) is 11.8. The lowest BCUT2D eigenvalue weighted by Crippen LogP contribution is -2.27. The van der Waals surface area contributed by atoms with Crippen LogP contribution in [0.4, 0.5) is 0 Å². The predicted octanol–water partition coefficient (Wildman–Crippen LogP) is 7.43. The molecule has 26 heavy (non-hydrogen) atoms. The van der Waals surface area contributed by atoms with Gasteiger partial charge in [0.15, 0.2) is 0 Å². The summed E-state index contributed by atoms with van der Waals surface area (Å²) in [5, 5.41) is 0. The van der Waals surface area contributed by atoms with Gasteiger partial charge in [-0.25, -0.2) is 0 Å². The van der Waals surface area contributed by atoms with Crippen molar-refractivity contribution in [1.29, 1.82) is 0 Å². The minimum absolute atomic E-state index is 0.402. The molecule has 0 N–H and O–H groups in total. The van der Waals surface area contributed by atoms with Gasteiger partial charge in [0.25, 0.3) is 0 Å². The molecule has 152 valence electrons. The summed E-state index contributed by atoms with van der Waals surface area (Å²) in [5.74, 6) is 0.402. The zero-order chi connectivity index (χ0) is 18.7. The van der Waals surface area contributed by atoms with E-state index in [9.17, 15) is 4.79 Å². The molecule has 0 bridgehead atoms. The molecule has 1 heterocycles.